The summed E-state index contributed by atoms with van der Waals surface area (Å²) in [5.41, 5.74) is 2.47. The van der Waals surface area contributed by atoms with E-state index in [1.54, 1.807) is 6.92 Å². The number of rotatable bonds is 9. The van der Waals surface area contributed by atoms with Crippen LogP contribution in [0.15, 0.2) is 35.0 Å². The average Bonchev–Trinajstić information content (AvgIpc) is 3.35. The third-order valence-electron chi connectivity index (χ3n) is 11.3. The van der Waals surface area contributed by atoms with E-state index in [4.69, 9.17) is 9.57 Å². The largest absolute Gasteiger partial charge is 0.871 e. The van der Waals surface area contributed by atoms with Gasteiger partial charge < -0.3 is 20.0 Å². The number of carbonyl (C=O) groups is 3. The first-order valence-electron chi connectivity index (χ1n) is 15.6. The van der Waals surface area contributed by atoms with Gasteiger partial charge in [0.25, 0.3) is 5.91 Å². The van der Waals surface area contributed by atoms with Crippen molar-refractivity contribution in [3.63, 3.8) is 0 Å². The minimum Gasteiger partial charge on any atom is -0.871 e. The Morgan fingerprint density at radius 2 is 1.89 bits per heavy atom. The first-order chi connectivity index (χ1) is 20.9. The molecule has 7 atom stereocenters. The number of carbonyl (C=O) groups excluding carboxylic acids is 3. The molecule has 4 aliphatic carbocycles. The van der Waals surface area contributed by atoms with Gasteiger partial charge in [-0.15, -0.1) is 5.23 Å². The highest BCUT2D eigenvalue weighted by Crippen LogP contribution is 2.66. The lowest BCUT2D eigenvalue weighted by Gasteiger charge is -2.58. The quantitative estimate of drug-likeness (QED) is 0.276. The maximum absolute atomic E-state index is 12.7. The van der Waals surface area contributed by atoms with E-state index in [1.807, 2.05) is 0 Å². The van der Waals surface area contributed by atoms with Crippen molar-refractivity contribution in [3.05, 3.63) is 35.4 Å². The summed E-state index contributed by atoms with van der Waals surface area (Å²) in [6.07, 6.45) is 10.4. The number of esters is 1. The highest BCUT2D eigenvalue weighted by atomic mass is 16.8. The summed E-state index contributed by atoms with van der Waals surface area (Å²) in [5.74, 6) is 0.543. The number of nitrogens with one attached hydrogen (secondary N) is 1. The molecule has 0 heterocycles. The number of benzene rings is 1. The predicted octanol–water partition coefficient (Wildman–Crippen LogP) is 4.09. The maximum atomic E-state index is 12.7. The molecule has 0 unspecified atom stereocenters. The zero-order chi connectivity index (χ0) is 31.8. The van der Waals surface area contributed by atoms with Gasteiger partial charge >= 0.3 is 5.97 Å². The molecule has 1 amide bonds. The maximum Gasteiger partial charge on any atom is 0.328 e. The van der Waals surface area contributed by atoms with Crippen molar-refractivity contribution in [2.45, 2.75) is 84.6 Å². The zero-order valence-corrected chi connectivity index (χ0v) is 26.0. The summed E-state index contributed by atoms with van der Waals surface area (Å²) in [6, 6.07) is 2.70. The number of hydrogen-bond donors (Lipinski definition) is 3. The molecular formula is C33H44N3O8-. The molecule has 0 aromatic heterocycles. The van der Waals surface area contributed by atoms with Gasteiger partial charge in [0.05, 0.1) is 18.5 Å². The number of oxime groups is 1. The van der Waals surface area contributed by atoms with Gasteiger partial charge in [0.1, 0.15) is 11.8 Å². The van der Waals surface area contributed by atoms with Crippen molar-refractivity contribution in [2.24, 2.45) is 39.7 Å². The van der Waals surface area contributed by atoms with Crippen molar-refractivity contribution >= 4 is 29.1 Å². The first kappa shape index (κ1) is 32.0. The highest BCUT2D eigenvalue weighted by Gasteiger charge is 2.59. The molecule has 3 N–H and O–H groups in total. The first-order valence-corrected chi connectivity index (χ1v) is 15.6. The summed E-state index contributed by atoms with van der Waals surface area (Å²) in [4.78, 5) is 42.9. The number of nitrogens with zero attached hydrogens (tertiary/aromatic N) is 2. The van der Waals surface area contributed by atoms with Gasteiger partial charge in [-0.3, -0.25) is 20.0 Å². The van der Waals surface area contributed by atoms with E-state index in [2.05, 4.69) is 30.4 Å². The number of methoxy groups -OCH3 is 1. The predicted molar refractivity (Wildman–Crippen MR) is 159 cm³/mol. The van der Waals surface area contributed by atoms with Crippen LogP contribution >= 0.6 is 0 Å². The Balaban J connectivity index is 1.19. The molecule has 11 heteroatoms. The molecule has 0 saturated heterocycles. The Labute approximate surface area is 258 Å². The van der Waals surface area contributed by atoms with Crippen molar-refractivity contribution in [1.29, 1.82) is 0 Å². The number of anilines is 1. The van der Waals surface area contributed by atoms with Crippen LogP contribution in [0.4, 0.5) is 5.69 Å². The van der Waals surface area contributed by atoms with Crippen molar-refractivity contribution in [3.8, 4) is 5.75 Å². The third kappa shape index (κ3) is 5.96. The van der Waals surface area contributed by atoms with Crippen molar-refractivity contribution < 1.29 is 39.5 Å². The fourth-order valence-electron chi connectivity index (χ4n) is 9.14. The van der Waals surface area contributed by atoms with E-state index in [0.717, 1.165) is 63.1 Å². The summed E-state index contributed by atoms with van der Waals surface area (Å²) in [5, 5.41) is 36.8. The second kappa shape index (κ2) is 12.5. The van der Waals surface area contributed by atoms with E-state index in [0.29, 0.717) is 29.1 Å². The molecule has 5 rings (SSSR count). The van der Waals surface area contributed by atoms with Crippen LogP contribution in [0.1, 0.15) is 77.7 Å². The molecule has 0 aliphatic heterocycles. The van der Waals surface area contributed by atoms with Crippen molar-refractivity contribution in [1.82, 2.24) is 5.32 Å². The molecule has 1 aromatic carbocycles. The average molecular weight is 611 g/mol. The molecule has 3 fully saturated rings. The monoisotopic (exact) mass is 610 g/mol. The summed E-state index contributed by atoms with van der Waals surface area (Å²) < 4.78 is 4.81. The van der Waals surface area contributed by atoms with Gasteiger partial charge in [0.2, 0.25) is 0 Å². The Kier molecular flexibility index (Phi) is 9.09. The van der Waals surface area contributed by atoms with Crippen LogP contribution in [0.3, 0.4) is 0 Å². The minimum atomic E-state index is -1.09. The summed E-state index contributed by atoms with van der Waals surface area (Å²) >= 11 is 0. The number of amides is 1. The Hall–Kier alpha value is -3.44. The molecular weight excluding hydrogens is 566 g/mol. The molecule has 0 bridgehead atoms. The second-order valence-electron chi connectivity index (χ2n) is 13.6. The Morgan fingerprint density at radius 3 is 2.59 bits per heavy atom. The van der Waals surface area contributed by atoms with E-state index >= 15 is 0 Å². The number of Topliss-reactive ketones (excluding diaryl/α,β-unsaturated/α-hetero) is 1. The fourth-order valence-corrected chi connectivity index (χ4v) is 9.14. The second-order valence-corrected chi connectivity index (χ2v) is 13.6. The standard InChI is InChI=1S/C33H45N3O8/c1-19(37)24-8-9-25-23-7-6-21-17-22(11-13-32(21,2)26(23)12-14-33(24,25)3)35-44-18-30(39)34-27(31(40)43-4)15-20-5-10-29(38)28(16-20)36(41)42/h5,10,16-17,23-27,38,41-42H,6-9,11-15,18H2,1-4H3,(H,34,39)/p-1/t23-,24+,25-,26+,27+,32+,33-/m1/s1. The molecule has 1 aromatic rings. The Bertz CT molecular complexity index is 1360. The van der Waals surface area contributed by atoms with Gasteiger partial charge in [-0.1, -0.05) is 42.5 Å². The molecule has 240 valence electrons. The van der Waals surface area contributed by atoms with Gasteiger partial charge in [0.15, 0.2) is 6.61 Å². The van der Waals surface area contributed by atoms with Crippen LogP contribution in [-0.4, -0.2) is 53.5 Å². The fraction of sp³-hybridized carbons (Fsp3) is 0.636. The third-order valence-corrected chi connectivity index (χ3v) is 11.3. The van der Waals surface area contributed by atoms with Gasteiger partial charge in [-0.05, 0) is 105 Å². The number of hydrogen-bond acceptors (Lipinski definition) is 10. The number of allylic oxidation sites excluding steroid dienone is 2. The van der Waals surface area contributed by atoms with Crippen LogP contribution in [0.2, 0.25) is 0 Å². The normalized spacial score (nSPS) is 32.4. The molecule has 44 heavy (non-hydrogen) atoms. The topological polar surface area (TPSA) is 161 Å². The minimum absolute atomic E-state index is 0.0453. The smallest absolute Gasteiger partial charge is 0.328 e. The lowest BCUT2D eigenvalue weighted by Crippen LogP contribution is -2.51. The molecule has 3 saturated carbocycles. The SMILES string of the molecule is COC(=O)[C@H](Cc1ccc([O-])c(N(O)O)c1)NC(=O)CON=C1C=C2CC[C@@H]3[C@H]4CC[C@@H](C(C)=O)[C@@]4(C)CC[C@@H]3[C@@]2(C)CC1. The number of ether oxygens (including phenoxy) is 1. The van der Waals surface area contributed by atoms with E-state index in [9.17, 15) is 29.9 Å². The molecule has 4 aliphatic rings. The molecule has 11 nitrogen and oxygen atoms in total. The van der Waals surface area contributed by atoms with E-state index in [1.165, 1.54) is 24.8 Å². The van der Waals surface area contributed by atoms with Crippen LogP contribution in [-0.2, 0) is 30.4 Å². The van der Waals surface area contributed by atoms with Gasteiger partial charge in [-0.2, -0.15) is 0 Å². The van der Waals surface area contributed by atoms with Crippen LogP contribution in [0.25, 0.3) is 0 Å². The van der Waals surface area contributed by atoms with Gasteiger partial charge in [-0.25, -0.2) is 4.79 Å². The summed E-state index contributed by atoms with van der Waals surface area (Å²) in [6.45, 7) is 6.15. The highest BCUT2D eigenvalue weighted by molar-refractivity contribution is 5.96. The van der Waals surface area contributed by atoms with Crippen LogP contribution < -0.4 is 15.6 Å². The van der Waals surface area contributed by atoms with E-state index in [-0.39, 0.29) is 34.1 Å². The lowest BCUT2D eigenvalue weighted by molar-refractivity contribution is -0.268. The molecule has 0 spiro atoms. The lowest BCUT2D eigenvalue weighted by atomic mass is 9.46. The zero-order valence-electron chi connectivity index (χ0n) is 26.0. The summed E-state index contributed by atoms with van der Waals surface area (Å²) in [7, 11) is 1.19. The van der Waals surface area contributed by atoms with Gasteiger partial charge in [0, 0.05) is 12.3 Å². The molecule has 0 radical (unpaired) electrons. The van der Waals surface area contributed by atoms with Crippen LogP contribution in [0, 0.1) is 34.5 Å². The number of fused-ring (bicyclic) bond motifs is 5. The van der Waals surface area contributed by atoms with Crippen molar-refractivity contribution in [2.75, 3.05) is 18.9 Å². The Morgan fingerprint density at radius 1 is 1.11 bits per heavy atom. The number of ketones is 1. The van der Waals surface area contributed by atoms with E-state index < -0.39 is 30.3 Å². The van der Waals surface area contributed by atoms with Crippen LogP contribution in [0.5, 0.6) is 5.75 Å².